The molecule has 1 aliphatic rings. The molecule has 0 aromatic rings. The van der Waals surface area contributed by atoms with E-state index < -0.39 is 0 Å². The van der Waals surface area contributed by atoms with Gasteiger partial charge in [-0.2, -0.15) is 0 Å². The van der Waals surface area contributed by atoms with Gasteiger partial charge in [-0.25, -0.2) is 0 Å². The average molecular weight is 158 g/mol. The number of β-amino-alcohol motifs (C(OH)–C–C–N with tert-alkyl or cyclic N) is 1. The fraction of sp³-hybridized carbons (Fsp3) is 1.00. The molecule has 11 heavy (non-hydrogen) atoms. The largest absolute Gasteiger partial charge is 0.395 e. The third-order valence-electron chi connectivity index (χ3n) is 2.07. The van der Waals surface area contributed by atoms with Gasteiger partial charge in [0.25, 0.3) is 0 Å². The topological polar surface area (TPSA) is 35.5 Å². The minimum absolute atomic E-state index is 0.216. The molecular formula is C8H18N2O. The van der Waals surface area contributed by atoms with Gasteiger partial charge in [0.2, 0.25) is 0 Å². The second-order valence-corrected chi connectivity index (χ2v) is 3.81. The van der Waals surface area contributed by atoms with Crippen LogP contribution in [0.2, 0.25) is 0 Å². The van der Waals surface area contributed by atoms with E-state index in [-0.39, 0.29) is 12.1 Å². The second kappa shape index (κ2) is 3.52. The number of piperazine rings is 1. The lowest BCUT2D eigenvalue weighted by Crippen LogP contribution is -2.57. The van der Waals surface area contributed by atoms with Crippen molar-refractivity contribution in [3.8, 4) is 0 Å². The summed E-state index contributed by atoms with van der Waals surface area (Å²) >= 11 is 0. The molecular weight excluding hydrogens is 140 g/mol. The van der Waals surface area contributed by atoms with Crippen molar-refractivity contribution in [1.82, 2.24) is 10.2 Å². The molecule has 0 aromatic heterocycles. The summed E-state index contributed by atoms with van der Waals surface area (Å²) < 4.78 is 0. The number of aliphatic hydroxyl groups excluding tert-OH is 1. The van der Waals surface area contributed by atoms with Crippen molar-refractivity contribution in [1.29, 1.82) is 0 Å². The van der Waals surface area contributed by atoms with Crippen LogP contribution >= 0.6 is 0 Å². The third kappa shape index (κ3) is 2.77. The fourth-order valence-corrected chi connectivity index (χ4v) is 1.58. The molecule has 0 unspecified atom stereocenters. The Morgan fingerprint density at radius 2 is 2.27 bits per heavy atom. The highest BCUT2D eigenvalue weighted by atomic mass is 16.3. The first-order valence-electron chi connectivity index (χ1n) is 4.22. The molecule has 2 N–H and O–H groups in total. The highest BCUT2D eigenvalue weighted by Gasteiger charge is 2.24. The first-order chi connectivity index (χ1) is 5.14. The Balaban J connectivity index is 2.34. The van der Waals surface area contributed by atoms with Gasteiger partial charge in [-0.3, -0.25) is 4.90 Å². The predicted molar refractivity (Wildman–Crippen MR) is 45.6 cm³/mol. The molecule has 1 saturated heterocycles. The summed E-state index contributed by atoms with van der Waals surface area (Å²) in [7, 11) is 0. The van der Waals surface area contributed by atoms with Crippen LogP contribution in [0.1, 0.15) is 13.8 Å². The third-order valence-corrected chi connectivity index (χ3v) is 2.07. The molecule has 1 rings (SSSR count). The van der Waals surface area contributed by atoms with Gasteiger partial charge in [0, 0.05) is 31.7 Å². The molecule has 0 bridgehead atoms. The van der Waals surface area contributed by atoms with Gasteiger partial charge in [-0.05, 0) is 13.8 Å². The molecule has 1 fully saturated rings. The Hall–Kier alpha value is -0.120. The summed E-state index contributed by atoms with van der Waals surface area (Å²) in [5, 5.41) is 12.2. The molecule has 0 radical (unpaired) electrons. The molecule has 0 saturated carbocycles. The number of hydrogen-bond donors (Lipinski definition) is 2. The van der Waals surface area contributed by atoms with Crippen molar-refractivity contribution < 1.29 is 5.11 Å². The minimum Gasteiger partial charge on any atom is -0.395 e. The van der Waals surface area contributed by atoms with Crippen LogP contribution in [0.4, 0.5) is 0 Å². The van der Waals surface area contributed by atoms with Crippen LogP contribution < -0.4 is 5.32 Å². The van der Waals surface area contributed by atoms with E-state index in [0.29, 0.717) is 0 Å². The highest BCUT2D eigenvalue weighted by molar-refractivity contribution is 4.86. The standard InChI is InChI=1S/C8H18N2O/c1-8(2)7-10(5-6-11)4-3-9-8/h9,11H,3-7H2,1-2H3. The molecule has 0 aromatic carbocycles. The second-order valence-electron chi connectivity index (χ2n) is 3.81. The predicted octanol–water partition coefficient (Wildman–Crippen LogP) is -0.337. The van der Waals surface area contributed by atoms with Crippen molar-refractivity contribution in [2.24, 2.45) is 0 Å². The lowest BCUT2D eigenvalue weighted by molar-refractivity contribution is 0.127. The van der Waals surface area contributed by atoms with Gasteiger partial charge < -0.3 is 10.4 Å². The summed E-state index contributed by atoms with van der Waals surface area (Å²) in [5.41, 5.74) is 0.216. The lowest BCUT2D eigenvalue weighted by atomic mass is 10.0. The quantitative estimate of drug-likeness (QED) is 0.577. The normalized spacial score (nSPS) is 25.4. The molecule has 0 spiro atoms. The Labute approximate surface area is 68.4 Å². The Morgan fingerprint density at radius 3 is 2.82 bits per heavy atom. The van der Waals surface area contributed by atoms with Crippen LogP contribution in [-0.2, 0) is 0 Å². The van der Waals surface area contributed by atoms with Gasteiger partial charge >= 0.3 is 0 Å². The van der Waals surface area contributed by atoms with E-state index in [4.69, 9.17) is 5.11 Å². The summed E-state index contributed by atoms with van der Waals surface area (Å²) in [6, 6.07) is 0. The molecule has 0 aliphatic carbocycles. The molecule has 1 aliphatic heterocycles. The first kappa shape index (κ1) is 8.97. The number of rotatable bonds is 2. The van der Waals surface area contributed by atoms with Crippen LogP contribution in [-0.4, -0.2) is 48.3 Å². The monoisotopic (exact) mass is 158 g/mol. The molecule has 1 heterocycles. The number of nitrogens with one attached hydrogen (secondary N) is 1. The zero-order valence-electron chi connectivity index (χ0n) is 7.43. The van der Waals surface area contributed by atoms with Crippen molar-refractivity contribution >= 4 is 0 Å². The van der Waals surface area contributed by atoms with Crippen molar-refractivity contribution in [3.63, 3.8) is 0 Å². The Morgan fingerprint density at radius 1 is 1.55 bits per heavy atom. The van der Waals surface area contributed by atoms with E-state index in [1.54, 1.807) is 0 Å². The maximum absolute atomic E-state index is 8.73. The van der Waals surface area contributed by atoms with E-state index in [2.05, 4.69) is 24.1 Å². The van der Waals surface area contributed by atoms with Gasteiger partial charge in [-0.15, -0.1) is 0 Å². The van der Waals surface area contributed by atoms with Gasteiger partial charge in [0.1, 0.15) is 0 Å². The first-order valence-corrected chi connectivity index (χ1v) is 4.22. The van der Waals surface area contributed by atoms with Crippen molar-refractivity contribution in [2.75, 3.05) is 32.8 Å². The number of hydrogen-bond acceptors (Lipinski definition) is 3. The van der Waals surface area contributed by atoms with E-state index >= 15 is 0 Å². The van der Waals surface area contributed by atoms with Crippen molar-refractivity contribution in [2.45, 2.75) is 19.4 Å². The van der Waals surface area contributed by atoms with Crippen molar-refractivity contribution in [3.05, 3.63) is 0 Å². The molecule has 0 atom stereocenters. The molecule has 3 nitrogen and oxygen atoms in total. The van der Waals surface area contributed by atoms with Gasteiger partial charge in [0.15, 0.2) is 0 Å². The van der Waals surface area contributed by atoms with E-state index in [1.165, 1.54) is 0 Å². The van der Waals surface area contributed by atoms with E-state index in [1.807, 2.05) is 0 Å². The van der Waals surface area contributed by atoms with Crippen LogP contribution in [0.3, 0.4) is 0 Å². The van der Waals surface area contributed by atoms with Crippen LogP contribution in [0.15, 0.2) is 0 Å². The van der Waals surface area contributed by atoms with E-state index in [0.717, 1.165) is 26.2 Å². The zero-order valence-corrected chi connectivity index (χ0v) is 7.43. The van der Waals surface area contributed by atoms with E-state index in [9.17, 15) is 0 Å². The zero-order chi connectivity index (χ0) is 8.32. The Kier molecular flexibility index (Phi) is 2.87. The van der Waals surface area contributed by atoms with Crippen LogP contribution in [0.25, 0.3) is 0 Å². The molecule has 66 valence electrons. The maximum atomic E-state index is 8.73. The maximum Gasteiger partial charge on any atom is 0.0558 e. The summed E-state index contributed by atoms with van der Waals surface area (Å²) in [5.74, 6) is 0. The van der Waals surface area contributed by atoms with Gasteiger partial charge in [-0.1, -0.05) is 0 Å². The van der Waals surface area contributed by atoms with Crippen LogP contribution in [0.5, 0.6) is 0 Å². The fourth-order valence-electron chi connectivity index (χ4n) is 1.58. The van der Waals surface area contributed by atoms with Gasteiger partial charge in [0.05, 0.1) is 6.61 Å². The van der Waals surface area contributed by atoms with Crippen LogP contribution in [0, 0.1) is 0 Å². The smallest absolute Gasteiger partial charge is 0.0558 e. The Bertz CT molecular complexity index is 123. The minimum atomic E-state index is 0.216. The average Bonchev–Trinajstić information content (AvgIpc) is 1.85. The lowest BCUT2D eigenvalue weighted by Gasteiger charge is -2.38. The summed E-state index contributed by atoms with van der Waals surface area (Å²) in [4.78, 5) is 2.29. The molecule has 3 heteroatoms. The summed E-state index contributed by atoms with van der Waals surface area (Å²) in [6.45, 7) is 8.60. The molecule has 0 amide bonds. The highest BCUT2D eigenvalue weighted by Crippen LogP contribution is 2.08. The summed E-state index contributed by atoms with van der Waals surface area (Å²) in [6.07, 6.45) is 0. The number of aliphatic hydroxyl groups is 1. The SMILES string of the molecule is CC1(C)CN(CCO)CCN1. The number of nitrogens with zero attached hydrogens (tertiary/aromatic N) is 1.